The summed E-state index contributed by atoms with van der Waals surface area (Å²) < 4.78 is 65.5. The first kappa shape index (κ1) is 22.7. The van der Waals surface area contributed by atoms with E-state index in [-0.39, 0.29) is 39.4 Å². The molecular weight excluding hydrogens is 474 g/mol. The second-order valence-electron chi connectivity index (χ2n) is 7.89. The smallest absolute Gasteiger partial charge is 0.344 e. The summed E-state index contributed by atoms with van der Waals surface area (Å²) in [4.78, 5) is 27.3. The van der Waals surface area contributed by atoms with Gasteiger partial charge in [0.2, 0.25) is 5.43 Å². The van der Waals surface area contributed by atoms with E-state index in [9.17, 15) is 18.4 Å². The van der Waals surface area contributed by atoms with Crippen LogP contribution >= 0.6 is 11.8 Å². The number of anilines is 1. The van der Waals surface area contributed by atoms with Crippen molar-refractivity contribution >= 4 is 34.3 Å². The van der Waals surface area contributed by atoms with Crippen molar-refractivity contribution < 1.29 is 27.1 Å². The van der Waals surface area contributed by atoms with Gasteiger partial charge in [0, 0.05) is 37.8 Å². The fourth-order valence-electron chi connectivity index (χ4n) is 4.38. The molecule has 178 valence electrons. The summed E-state index contributed by atoms with van der Waals surface area (Å²) in [7, 11) is 0. The summed E-state index contributed by atoms with van der Waals surface area (Å²) in [5.74, 6) is -4.49. The minimum absolute atomic E-state index is 0.0128. The van der Waals surface area contributed by atoms with Crippen molar-refractivity contribution in [3.63, 3.8) is 0 Å². The summed E-state index contributed by atoms with van der Waals surface area (Å²) in [6, 6.07) is 3.90. The maximum Gasteiger partial charge on any atom is 0.344 e. The Morgan fingerprint density at radius 1 is 1.15 bits per heavy atom. The molecule has 0 spiro atoms. The van der Waals surface area contributed by atoms with Crippen molar-refractivity contribution in [2.75, 3.05) is 37.7 Å². The number of aromatic nitrogens is 1. The molecular formula is C23H19F4N3O3S. The highest BCUT2D eigenvalue weighted by atomic mass is 32.2. The molecule has 1 aromatic heterocycles. The third-order valence-electron chi connectivity index (χ3n) is 5.91. The highest BCUT2D eigenvalue weighted by Crippen LogP contribution is 2.51. The van der Waals surface area contributed by atoms with Gasteiger partial charge in [-0.25, -0.2) is 22.4 Å². The standard InChI is InChI=1S/C23H19F4N3O3S/c1-2-33-23(32)16-20(31)13-10-15(26)19(29-7-5-28-6-8-29)17(27)18(13)30-21(34-22(16)30)12-4-3-11(24)9-14(12)25/h3-4,9-10,21,28H,2,5-8H2,1H3. The van der Waals surface area contributed by atoms with Gasteiger partial charge in [-0.15, -0.1) is 0 Å². The van der Waals surface area contributed by atoms with Gasteiger partial charge in [-0.2, -0.15) is 0 Å². The molecule has 2 aliphatic rings. The summed E-state index contributed by atoms with van der Waals surface area (Å²) in [5, 5.41) is 1.93. The van der Waals surface area contributed by atoms with Crippen molar-refractivity contribution in [3.8, 4) is 0 Å². The van der Waals surface area contributed by atoms with E-state index in [1.807, 2.05) is 0 Å². The molecule has 3 heterocycles. The van der Waals surface area contributed by atoms with Gasteiger partial charge in [0.05, 0.1) is 22.5 Å². The molecule has 1 saturated heterocycles. The van der Waals surface area contributed by atoms with Crippen molar-refractivity contribution in [3.05, 3.63) is 68.9 Å². The number of nitrogens with one attached hydrogen (secondary N) is 1. The first-order chi connectivity index (χ1) is 16.3. The van der Waals surface area contributed by atoms with Crippen LogP contribution < -0.4 is 15.6 Å². The molecule has 1 N–H and O–H groups in total. The number of pyridine rings is 1. The molecule has 0 bridgehead atoms. The Hall–Kier alpha value is -3.05. The van der Waals surface area contributed by atoms with E-state index in [4.69, 9.17) is 4.74 Å². The number of esters is 1. The van der Waals surface area contributed by atoms with Crippen LogP contribution in [0.25, 0.3) is 10.9 Å². The molecule has 1 unspecified atom stereocenters. The number of carbonyl (C=O) groups is 1. The Morgan fingerprint density at radius 2 is 1.88 bits per heavy atom. The Kier molecular flexibility index (Phi) is 5.76. The second-order valence-corrected chi connectivity index (χ2v) is 8.96. The fraction of sp³-hybridized carbons (Fsp3) is 0.304. The van der Waals surface area contributed by atoms with Gasteiger partial charge in [-0.1, -0.05) is 17.8 Å². The molecule has 0 amide bonds. The molecule has 2 aromatic carbocycles. The van der Waals surface area contributed by atoms with Crippen molar-refractivity contribution in [1.29, 1.82) is 0 Å². The Bertz CT molecular complexity index is 1390. The predicted octanol–water partition coefficient (Wildman–Crippen LogP) is 3.80. The zero-order chi connectivity index (χ0) is 24.1. The lowest BCUT2D eigenvalue weighted by Crippen LogP contribution is -2.44. The number of nitrogens with zero attached hydrogens (tertiary/aromatic N) is 2. The van der Waals surface area contributed by atoms with Gasteiger partial charge in [-0.3, -0.25) is 4.79 Å². The van der Waals surface area contributed by atoms with Gasteiger partial charge >= 0.3 is 5.97 Å². The van der Waals surface area contributed by atoms with Crippen LogP contribution in [0, 0.1) is 23.3 Å². The molecule has 0 saturated carbocycles. The highest BCUT2D eigenvalue weighted by Gasteiger charge is 2.40. The molecule has 0 aliphatic carbocycles. The number of hydrogen-bond donors (Lipinski definition) is 1. The van der Waals surface area contributed by atoms with Crippen LogP contribution in [0.1, 0.15) is 28.2 Å². The predicted molar refractivity (Wildman–Crippen MR) is 120 cm³/mol. The van der Waals surface area contributed by atoms with Crippen molar-refractivity contribution in [1.82, 2.24) is 9.88 Å². The summed E-state index contributed by atoms with van der Waals surface area (Å²) in [5.41, 5.74) is -1.73. The molecule has 0 radical (unpaired) electrons. The third-order valence-corrected chi connectivity index (χ3v) is 7.22. The third kappa shape index (κ3) is 3.45. The fourth-order valence-corrected chi connectivity index (χ4v) is 5.66. The molecule has 1 atom stereocenters. The van der Waals surface area contributed by atoms with E-state index in [0.29, 0.717) is 32.2 Å². The zero-order valence-electron chi connectivity index (χ0n) is 18.0. The number of benzene rings is 2. The number of ether oxygens (including phenoxy) is 1. The van der Waals surface area contributed by atoms with Crippen LogP contribution in [0.15, 0.2) is 34.1 Å². The monoisotopic (exact) mass is 493 g/mol. The van der Waals surface area contributed by atoms with Crippen molar-refractivity contribution in [2.45, 2.75) is 17.3 Å². The Morgan fingerprint density at radius 3 is 2.56 bits per heavy atom. The molecule has 2 aliphatic heterocycles. The minimum atomic E-state index is -0.974. The van der Waals surface area contributed by atoms with E-state index in [1.54, 1.807) is 6.92 Å². The maximum atomic E-state index is 16.0. The van der Waals surface area contributed by atoms with Crippen LogP contribution in [0.3, 0.4) is 0 Å². The molecule has 5 rings (SSSR count). The van der Waals surface area contributed by atoms with Gasteiger partial charge in [-0.05, 0) is 19.1 Å². The molecule has 11 heteroatoms. The lowest BCUT2D eigenvalue weighted by molar-refractivity contribution is 0.0518. The van der Waals surface area contributed by atoms with E-state index in [1.165, 1.54) is 15.5 Å². The number of thioether (sulfide) groups is 1. The lowest BCUT2D eigenvalue weighted by Gasteiger charge is -2.37. The van der Waals surface area contributed by atoms with Gasteiger partial charge < -0.3 is 19.5 Å². The van der Waals surface area contributed by atoms with E-state index < -0.39 is 40.0 Å². The largest absolute Gasteiger partial charge is 0.462 e. The first-order valence-corrected chi connectivity index (χ1v) is 11.6. The number of rotatable bonds is 4. The Balaban J connectivity index is 1.81. The summed E-state index contributed by atoms with van der Waals surface area (Å²) in [6.07, 6.45) is 0. The quantitative estimate of drug-likeness (QED) is 0.441. The van der Waals surface area contributed by atoms with Crippen LogP contribution in [0.2, 0.25) is 0 Å². The van der Waals surface area contributed by atoms with E-state index in [0.717, 1.165) is 23.9 Å². The van der Waals surface area contributed by atoms with Gasteiger partial charge in [0.25, 0.3) is 0 Å². The van der Waals surface area contributed by atoms with Crippen LogP contribution in [0.5, 0.6) is 0 Å². The number of piperazine rings is 1. The molecule has 6 nitrogen and oxygen atoms in total. The van der Waals surface area contributed by atoms with Crippen LogP contribution in [-0.2, 0) is 4.74 Å². The summed E-state index contributed by atoms with van der Waals surface area (Å²) in [6.45, 7) is 3.29. The zero-order valence-corrected chi connectivity index (χ0v) is 18.8. The highest BCUT2D eigenvalue weighted by molar-refractivity contribution is 8.00. The Labute approximate surface area is 195 Å². The average Bonchev–Trinajstić information content (AvgIpc) is 2.78. The van der Waals surface area contributed by atoms with Crippen LogP contribution in [-0.4, -0.2) is 43.3 Å². The number of hydrogen-bond acceptors (Lipinski definition) is 6. The molecule has 1 fully saturated rings. The topological polar surface area (TPSA) is 63.6 Å². The minimum Gasteiger partial charge on any atom is -0.462 e. The number of carbonyl (C=O) groups excluding carboxylic acids is 1. The molecule has 34 heavy (non-hydrogen) atoms. The molecule has 3 aromatic rings. The summed E-state index contributed by atoms with van der Waals surface area (Å²) >= 11 is 0.952. The lowest BCUT2D eigenvalue weighted by atomic mass is 10.1. The normalized spacial score (nSPS) is 17.4. The first-order valence-electron chi connectivity index (χ1n) is 10.7. The maximum absolute atomic E-state index is 16.0. The van der Waals surface area contributed by atoms with Crippen LogP contribution in [0.4, 0.5) is 23.2 Å². The van der Waals surface area contributed by atoms with Gasteiger partial charge in [0.1, 0.15) is 34.1 Å². The SMILES string of the molecule is CCOC(=O)c1c2n(c3c(F)c(N4CCNCC4)c(F)cc3c1=O)C(c1ccc(F)cc1F)S2. The number of fused-ring (bicyclic) bond motifs is 3. The second kappa shape index (κ2) is 8.62. The van der Waals surface area contributed by atoms with Crippen molar-refractivity contribution in [2.24, 2.45) is 0 Å². The average molecular weight is 493 g/mol. The van der Waals surface area contributed by atoms with E-state index >= 15 is 8.78 Å². The number of halogens is 4. The van der Waals surface area contributed by atoms with E-state index in [2.05, 4.69) is 5.32 Å². The van der Waals surface area contributed by atoms with Gasteiger partial charge in [0.15, 0.2) is 5.82 Å².